The molecule has 8 heteroatoms. The molecule has 0 spiro atoms. The number of halogens is 3. The van der Waals surface area contributed by atoms with Gasteiger partial charge in [-0.25, -0.2) is 0 Å². The number of nitrogens with one attached hydrogen (secondary N) is 1. The Morgan fingerprint density at radius 2 is 2.08 bits per heavy atom. The van der Waals surface area contributed by atoms with Gasteiger partial charge in [0.1, 0.15) is 5.02 Å². The molecule has 5 nitrogen and oxygen atoms in total. The lowest BCUT2D eigenvalue weighted by atomic mass is 9.98. The predicted octanol–water partition coefficient (Wildman–Crippen LogP) is 3.95. The summed E-state index contributed by atoms with van der Waals surface area (Å²) in [7, 11) is 2.15. The first kappa shape index (κ1) is 18.5. The molecule has 1 unspecified atom stereocenters. The fraction of sp³-hybridized carbons (Fsp3) is 0.412. The number of anilines is 1. The summed E-state index contributed by atoms with van der Waals surface area (Å²) in [5.41, 5.74) is 0.902. The van der Waals surface area contributed by atoms with Gasteiger partial charge in [-0.1, -0.05) is 34.8 Å². The maximum atomic E-state index is 12.2. The molecule has 3 rings (SSSR count). The Hall–Kier alpha value is -1.27. The third-order valence-electron chi connectivity index (χ3n) is 4.38. The minimum atomic E-state index is -0.476. The Morgan fingerprint density at radius 3 is 2.80 bits per heavy atom. The average molecular weight is 402 g/mol. The highest BCUT2D eigenvalue weighted by Crippen LogP contribution is 2.26. The van der Waals surface area contributed by atoms with E-state index in [1.165, 1.54) is 23.7 Å². The van der Waals surface area contributed by atoms with Gasteiger partial charge in [-0.05, 0) is 50.6 Å². The first-order valence-electron chi connectivity index (χ1n) is 8.11. The maximum Gasteiger partial charge on any atom is 0.291 e. The highest BCUT2D eigenvalue weighted by molar-refractivity contribution is 6.41. The lowest BCUT2D eigenvalue weighted by Crippen LogP contribution is -2.35. The van der Waals surface area contributed by atoms with Crippen molar-refractivity contribution in [2.24, 2.45) is 5.92 Å². The number of piperidine rings is 1. The Kier molecular flexibility index (Phi) is 5.89. The molecule has 2 aromatic rings. The molecule has 0 bridgehead atoms. The molecule has 134 valence electrons. The van der Waals surface area contributed by atoms with Crippen LogP contribution in [-0.4, -0.2) is 41.4 Å². The number of nitrogens with zero attached hydrogens (tertiary/aromatic N) is 3. The normalized spacial score (nSPS) is 18.3. The Balaban J connectivity index is 1.75. The Labute approximate surface area is 161 Å². The zero-order valence-corrected chi connectivity index (χ0v) is 16.1. The second-order valence-corrected chi connectivity index (χ2v) is 7.53. The van der Waals surface area contributed by atoms with Crippen LogP contribution in [0.4, 0.5) is 5.69 Å². The van der Waals surface area contributed by atoms with Crippen molar-refractivity contribution >= 4 is 40.5 Å². The molecule has 1 atom stereocenters. The van der Waals surface area contributed by atoms with Gasteiger partial charge < -0.3 is 10.2 Å². The van der Waals surface area contributed by atoms with Crippen molar-refractivity contribution in [3.05, 3.63) is 49.8 Å². The monoisotopic (exact) mass is 400 g/mol. The van der Waals surface area contributed by atoms with Crippen LogP contribution in [0.2, 0.25) is 15.1 Å². The Bertz CT molecular complexity index is 824. The molecule has 0 saturated carbocycles. The molecule has 1 fully saturated rings. The fourth-order valence-corrected chi connectivity index (χ4v) is 3.56. The van der Waals surface area contributed by atoms with E-state index >= 15 is 0 Å². The SMILES string of the molecule is CN1CCCC(CNc2ccc(-n3ncc(Cl)c(Cl)c3=O)cc2Cl)C1. The molecule has 1 aliphatic heterocycles. The van der Waals surface area contributed by atoms with Crippen molar-refractivity contribution in [3.63, 3.8) is 0 Å². The highest BCUT2D eigenvalue weighted by Gasteiger charge is 2.17. The second-order valence-electron chi connectivity index (χ2n) is 6.34. The summed E-state index contributed by atoms with van der Waals surface area (Å²) in [6.07, 6.45) is 3.78. The summed E-state index contributed by atoms with van der Waals surface area (Å²) in [5, 5.41) is 8.01. The molecular formula is C17H19Cl3N4O. The number of rotatable bonds is 4. The van der Waals surface area contributed by atoms with Gasteiger partial charge in [0.2, 0.25) is 0 Å². The van der Waals surface area contributed by atoms with Gasteiger partial charge in [0, 0.05) is 13.1 Å². The standard InChI is InChI=1S/C17H19Cl3N4O/c1-23-6-2-3-11(10-23)8-21-15-5-4-12(7-13(15)18)24-17(25)16(20)14(19)9-22-24/h4-5,7,9,11,21H,2-3,6,8,10H2,1H3. The quantitative estimate of drug-likeness (QED) is 0.843. The van der Waals surface area contributed by atoms with Gasteiger partial charge in [0.15, 0.2) is 0 Å². The van der Waals surface area contributed by atoms with Crippen molar-refractivity contribution in [2.75, 3.05) is 32.0 Å². The van der Waals surface area contributed by atoms with Crippen LogP contribution in [0.25, 0.3) is 5.69 Å². The number of hydrogen-bond donors (Lipinski definition) is 1. The van der Waals surface area contributed by atoms with Crippen molar-refractivity contribution in [1.82, 2.24) is 14.7 Å². The van der Waals surface area contributed by atoms with Gasteiger partial charge in [-0.2, -0.15) is 9.78 Å². The smallest absolute Gasteiger partial charge is 0.291 e. The maximum absolute atomic E-state index is 12.2. The van der Waals surface area contributed by atoms with Crippen LogP contribution in [0, 0.1) is 5.92 Å². The molecule has 0 aliphatic carbocycles. The summed E-state index contributed by atoms with van der Waals surface area (Å²) >= 11 is 18.1. The van der Waals surface area contributed by atoms with Gasteiger partial charge in [0.05, 0.1) is 27.6 Å². The molecule has 0 amide bonds. The van der Waals surface area contributed by atoms with Gasteiger partial charge in [0.25, 0.3) is 5.56 Å². The van der Waals surface area contributed by atoms with E-state index in [0.29, 0.717) is 16.6 Å². The van der Waals surface area contributed by atoms with Gasteiger partial charge in [-0.15, -0.1) is 0 Å². The zero-order chi connectivity index (χ0) is 18.0. The van der Waals surface area contributed by atoms with E-state index in [4.69, 9.17) is 34.8 Å². The van der Waals surface area contributed by atoms with Crippen LogP contribution in [-0.2, 0) is 0 Å². The number of hydrogen-bond acceptors (Lipinski definition) is 4. The van der Waals surface area contributed by atoms with Crippen LogP contribution < -0.4 is 10.9 Å². The first-order valence-corrected chi connectivity index (χ1v) is 9.25. The van der Waals surface area contributed by atoms with Crippen molar-refractivity contribution in [1.29, 1.82) is 0 Å². The van der Waals surface area contributed by atoms with E-state index in [0.717, 1.165) is 25.3 Å². The molecule has 1 saturated heterocycles. The van der Waals surface area contributed by atoms with Crippen LogP contribution in [0.5, 0.6) is 0 Å². The molecule has 1 aliphatic rings. The number of aromatic nitrogens is 2. The van der Waals surface area contributed by atoms with Gasteiger partial charge in [-0.3, -0.25) is 4.79 Å². The highest BCUT2D eigenvalue weighted by atomic mass is 35.5. The first-order chi connectivity index (χ1) is 12.0. The molecular weight excluding hydrogens is 383 g/mol. The molecule has 1 N–H and O–H groups in total. The molecule has 0 radical (unpaired) electrons. The van der Waals surface area contributed by atoms with Gasteiger partial charge >= 0.3 is 0 Å². The van der Waals surface area contributed by atoms with Crippen LogP contribution in [0.3, 0.4) is 0 Å². The minimum Gasteiger partial charge on any atom is -0.384 e. The molecule has 1 aromatic carbocycles. The summed E-state index contributed by atoms with van der Waals surface area (Å²) in [6.45, 7) is 3.12. The van der Waals surface area contributed by atoms with Crippen molar-refractivity contribution < 1.29 is 0 Å². The molecule has 2 heterocycles. The summed E-state index contributed by atoms with van der Waals surface area (Å²) in [6, 6.07) is 5.32. The van der Waals surface area contributed by atoms with E-state index in [9.17, 15) is 4.79 Å². The minimum absolute atomic E-state index is 0.0589. The number of benzene rings is 1. The Morgan fingerprint density at radius 1 is 1.28 bits per heavy atom. The lowest BCUT2D eigenvalue weighted by Gasteiger charge is -2.30. The topological polar surface area (TPSA) is 50.2 Å². The zero-order valence-electron chi connectivity index (χ0n) is 13.8. The summed E-state index contributed by atoms with van der Waals surface area (Å²) < 4.78 is 1.18. The average Bonchev–Trinajstić information content (AvgIpc) is 2.59. The van der Waals surface area contributed by atoms with E-state index in [1.54, 1.807) is 12.1 Å². The fourth-order valence-electron chi connectivity index (χ4n) is 3.07. The van der Waals surface area contributed by atoms with E-state index in [-0.39, 0.29) is 10.0 Å². The van der Waals surface area contributed by atoms with Crippen molar-refractivity contribution in [3.8, 4) is 5.69 Å². The second kappa shape index (κ2) is 7.96. The lowest BCUT2D eigenvalue weighted by molar-refractivity contribution is 0.217. The van der Waals surface area contributed by atoms with E-state index in [1.807, 2.05) is 6.07 Å². The van der Waals surface area contributed by atoms with E-state index in [2.05, 4.69) is 22.4 Å². The summed E-state index contributed by atoms with van der Waals surface area (Å²) in [4.78, 5) is 14.5. The third kappa shape index (κ3) is 4.29. The van der Waals surface area contributed by atoms with Crippen LogP contribution in [0.15, 0.2) is 29.2 Å². The van der Waals surface area contributed by atoms with Crippen LogP contribution >= 0.6 is 34.8 Å². The largest absolute Gasteiger partial charge is 0.384 e. The third-order valence-corrected chi connectivity index (χ3v) is 5.44. The van der Waals surface area contributed by atoms with Crippen LogP contribution in [0.1, 0.15) is 12.8 Å². The van der Waals surface area contributed by atoms with Crippen molar-refractivity contribution in [2.45, 2.75) is 12.8 Å². The molecule has 25 heavy (non-hydrogen) atoms. The van der Waals surface area contributed by atoms with E-state index < -0.39 is 5.56 Å². The number of likely N-dealkylation sites (tertiary alicyclic amines) is 1. The predicted molar refractivity (Wildman–Crippen MR) is 104 cm³/mol. The summed E-state index contributed by atoms with van der Waals surface area (Å²) in [5.74, 6) is 0.605. The molecule has 1 aromatic heterocycles.